The lowest BCUT2D eigenvalue weighted by molar-refractivity contribution is 0.0599. The SMILES string of the molecule is C=CC(/C=C\CC)=C/C.CC12CCCC1C1CCc3cc(N)ccc3C1CC2. The van der Waals surface area contributed by atoms with E-state index in [1.807, 2.05) is 19.1 Å². The Morgan fingerprint density at radius 1 is 1.25 bits per heavy atom. The highest BCUT2D eigenvalue weighted by atomic mass is 14.6. The number of hydrogen-bond acceptors (Lipinski definition) is 1. The van der Waals surface area contributed by atoms with Crippen LogP contribution >= 0.6 is 0 Å². The molecule has 3 aliphatic carbocycles. The van der Waals surface area contributed by atoms with E-state index in [0.29, 0.717) is 5.41 Å². The van der Waals surface area contributed by atoms with Crippen molar-refractivity contribution in [2.45, 2.75) is 78.1 Å². The lowest BCUT2D eigenvalue weighted by Gasteiger charge is -2.49. The molecule has 3 aliphatic rings. The Hall–Kier alpha value is -1.76. The van der Waals surface area contributed by atoms with Gasteiger partial charge in [0.05, 0.1) is 0 Å². The van der Waals surface area contributed by atoms with E-state index in [1.54, 1.807) is 11.1 Å². The number of rotatable bonds is 3. The summed E-state index contributed by atoms with van der Waals surface area (Å²) in [6.07, 6.45) is 19.1. The molecule has 2 saturated carbocycles. The molecule has 0 bridgehead atoms. The minimum atomic E-state index is 0.673. The molecule has 2 N–H and O–H groups in total. The van der Waals surface area contributed by atoms with Gasteiger partial charge >= 0.3 is 0 Å². The summed E-state index contributed by atoms with van der Waals surface area (Å²) < 4.78 is 0. The lowest BCUT2D eigenvalue weighted by atomic mass is 9.56. The number of nitrogen functional groups attached to an aromatic ring is 1. The summed E-state index contributed by atoms with van der Waals surface area (Å²) in [5.74, 6) is 2.79. The maximum absolute atomic E-state index is 5.96. The summed E-state index contributed by atoms with van der Waals surface area (Å²) in [6, 6.07) is 6.68. The number of fused-ring (bicyclic) bond motifs is 5. The maximum Gasteiger partial charge on any atom is 0.0316 e. The number of benzene rings is 1. The van der Waals surface area contributed by atoms with Crippen LogP contribution in [0.4, 0.5) is 5.69 Å². The first-order valence-corrected chi connectivity index (χ1v) is 11.4. The number of hydrogen-bond donors (Lipinski definition) is 1. The second-order valence-corrected chi connectivity index (χ2v) is 9.26. The van der Waals surface area contributed by atoms with Gasteiger partial charge in [-0.3, -0.25) is 0 Å². The van der Waals surface area contributed by atoms with Crippen LogP contribution in [0.1, 0.15) is 82.8 Å². The summed E-state index contributed by atoms with van der Waals surface area (Å²) in [5.41, 5.74) is 11.9. The van der Waals surface area contributed by atoms with Gasteiger partial charge in [0.25, 0.3) is 0 Å². The van der Waals surface area contributed by atoms with E-state index < -0.39 is 0 Å². The Kier molecular flexibility index (Phi) is 6.86. The first-order chi connectivity index (χ1) is 13.5. The second-order valence-electron chi connectivity index (χ2n) is 9.26. The van der Waals surface area contributed by atoms with Crippen LogP contribution in [0.3, 0.4) is 0 Å². The van der Waals surface area contributed by atoms with Crippen LogP contribution < -0.4 is 5.73 Å². The molecule has 4 rings (SSSR count). The fraction of sp³-hybridized carbons (Fsp3) is 0.556. The average molecular weight is 378 g/mol. The van der Waals surface area contributed by atoms with Crippen LogP contribution in [-0.4, -0.2) is 0 Å². The molecule has 1 heteroatoms. The zero-order chi connectivity index (χ0) is 20.1. The van der Waals surface area contributed by atoms with Gasteiger partial charge in [-0.05, 0) is 104 Å². The quantitative estimate of drug-likeness (QED) is 0.426. The van der Waals surface area contributed by atoms with Crippen LogP contribution in [-0.2, 0) is 6.42 Å². The fourth-order valence-corrected chi connectivity index (χ4v) is 6.13. The highest BCUT2D eigenvalue weighted by Crippen LogP contribution is 2.60. The van der Waals surface area contributed by atoms with Crippen LogP contribution in [0.25, 0.3) is 0 Å². The van der Waals surface area contributed by atoms with Crippen molar-refractivity contribution in [3.8, 4) is 0 Å². The van der Waals surface area contributed by atoms with E-state index in [0.717, 1.165) is 29.9 Å². The molecule has 4 atom stereocenters. The number of anilines is 1. The van der Waals surface area contributed by atoms with Crippen LogP contribution in [0.15, 0.2) is 54.7 Å². The minimum Gasteiger partial charge on any atom is -0.399 e. The van der Waals surface area contributed by atoms with E-state index in [2.05, 4.69) is 50.8 Å². The van der Waals surface area contributed by atoms with E-state index in [-0.39, 0.29) is 0 Å². The predicted molar refractivity (Wildman–Crippen MR) is 123 cm³/mol. The first kappa shape index (κ1) is 21.0. The van der Waals surface area contributed by atoms with Crippen molar-refractivity contribution in [3.05, 3.63) is 65.8 Å². The van der Waals surface area contributed by atoms with Crippen molar-refractivity contribution >= 4 is 5.69 Å². The van der Waals surface area contributed by atoms with Crippen molar-refractivity contribution in [3.63, 3.8) is 0 Å². The van der Waals surface area contributed by atoms with Crippen LogP contribution in [0.5, 0.6) is 0 Å². The van der Waals surface area contributed by atoms with Crippen molar-refractivity contribution in [1.29, 1.82) is 0 Å². The van der Waals surface area contributed by atoms with Gasteiger partial charge in [0.15, 0.2) is 0 Å². The van der Waals surface area contributed by atoms with Crippen molar-refractivity contribution in [2.75, 3.05) is 5.73 Å². The average Bonchev–Trinajstić information content (AvgIpc) is 3.11. The monoisotopic (exact) mass is 377 g/mol. The third-order valence-electron chi connectivity index (χ3n) is 7.65. The van der Waals surface area contributed by atoms with Gasteiger partial charge in [-0.15, -0.1) is 0 Å². The van der Waals surface area contributed by atoms with Gasteiger partial charge in [-0.25, -0.2) is 0 Å². The lowest BCUT2D eigenvalue weighted by Crippen LogP contribution is -2.39. The molecule has 1 aromatic carbocycles. The summed E-state index contributed by atoms with van der Waals surface area (Å²) in [5, 5.41) is 0. The zero-order valence-electron chi connectivity index (χ0n) is 18.2. The Morgan fingerprint density at radius 3 is 2.79 bits per heavy atom. The Labute approximate surface area is 172 Å². The molecule has 152 valence electrons. The summed E-state index contributed by atoms with van der Waals surface area (Å²) in [4.78, 5) is 0. The second kappa shape index (κ2) is 9.16. The molecular formula is C27H39N. The van der Waals surface area contributed by atoms with Gasteiger partial charge in [0, 0.05) is 5.69 Å². The van der Waals surface area contributed by atoms with Crippen molar-refractivity contribution in [2.24, 2.45) is 17.3 Å². The standard InChI is InChI=1S/C18H25N.C9H14/c1-18-9-2-3-17(18)16-6-4-12-11-13(19)5-7-14(12)15(16)8-10-18;1-4-7-8-9(5-2)6-3/h5,7,11,15-17H,2-4,6,8-10,19H2,1H3;5-8H,2,4H2,1,3H3/b;8-7-,9-6-. The molecule has 4 unspecified atom stereocenters. The van der Waals surface area contributed by atoms with Gasteiger partial charge in [0.1, 0.15) is 0 Å². The van der Waals surface area contributed by atoms with Gasteiger partial charge in [-0.1, -0.05) is 57.2 Å². The third-order valence-corrected chi connectivity index (χ3v) is 7.65. The number of nitrogens with two attached hydrogens (primary N) is 1. The highest BCUT2D eigenvalue weighted by Gasteiger charge is 2.50. The Balaban J connectivity index is 0.000000215. The number of allylic oxidation sites excluding steroid dienone is 5. The first-order valence-electron chi connectivity index (χ1n) is 11.4. The Bertz CT molecular complexity index is 741. The summed E-state index contributed by atoms with van der Waals surface area (Å²) in [7, 11) is 0. The summed E-state index contributed by atoms with van der Waals surface area (Å²) in [6.45, 7) is 10.4. The van der Waals surface area contributed by atoms with E-state index in [1.165, 1.54) is 50.5 Å². The number of aryl methyl sites for hydroxylation is 1. The van der Waals surface area contributed by atoms with Gasteiger partial charge in [-0.2, -0.15) is 0 Å². The van der Waals surface area contributed by atoms with E-state index in [4.69, 9.17) is 5.73 Å². The molecule has 0 aliphatic heterocycles. The van der Waals surface area contributed by atoms with Crippen molar-refractivity contribution in [1.82, 2.24) is 0 Å². The van der Waals surface area contributed by atoms with E-state index in [9.17, 15) is 0 Å². The molecule has 2 fully saturated rings. The minimum absolute atomic E-state index is 0.673. The largest absolute Gasteiger partial charge is 0.399 e. The molecule has 0 radical (unpaired) electrons. The van der Waals surface area contributed by atoms with Gasteiger partial charge < -0.3 is 5.73 Å². The molecule has 0 heterocycles. The predicted octanol–water partition coefficient (Wildman–Crippen LogP) is 7.60. The van der Waals surface area contributed by atoms with Crippen molar-refractivity contribution < 1.29 is 0 Å². The molecule has 0 aromatic heterocycles. The highest BCUT2D eigenvalue weighted by molar-refractivity contribution is 5.47. The smallest absolute Gasteiger partial charge is 0.0316 e. The van der Waals surface area contributed by atoms with Crippen LogP contribution in [0.2, 0.25) is 0 Å². The topological polar surface area (TPSA) is 26.0 Å². The molecular weight excluding hydrogens is 338 g/mol. The molecule has 0 spiro atoms. The molecule has 1 aromatic rings. The third kappa shape index (κ3) is 4.29. The maximum atomic E-state index is 5.96. The normalized spacial score (nSPS) is 31.4. The molecule has 0 amide bonds. The summed E-state index contributed by atoms with van der Waals surface area (Å²) >= 11 is 0. The van der Waals surface area contributed by atoms with E-state index >= 15 is 0 Å². The van der Waals surface area contributed by atoms with Crippen LogP contribution in [0, 0.1) is 17.3 Å². The zero-order valence-corrected chi connectivity index (χ0v) is 18.2. The molecule has 1 nitrogen and oxygen atoms in total. The fourth-order valence-electron chi connectivity index (χ4n) is 6.13. The molecule has 28 heavy (non-hydrogen) atoms. The Morgan fingerprint density at radius 2 is 2.07 bits per heavy atom. The molecule has 0 saturated heterocycles. The van der Waals surface area contributed by atoms with Gasteiger partial charge in [0.2, 0.25) is 0 Å².